The van der Waals surface area contributed by atoms with Crippen LogP contribution in [0.1, 0.15) is 0 Å². The van der Waals surface area contributed by atoms with Gasteiger partial charge in [-0.1, -0.05) is 24.3 Å². The number of benzene rings is 2. The molecular weight excluding hydrogens is 370 g/mol. The number of aromatic nitrogens is 4. The normalized spacial score (nSPS) is 11.2. The van der Waals surface area contributed by atoms with Gasteiger partial charge in [-0.25, -0.2) is 14.8 Å². The van der Waals surface area contributed by atoms with Crippen molar-refractivity contribution in [1.82, 2.24) is 18.9 Å². The molecule has 5 aromatic rings. The SMILES string of the molecule is O=C(Cn1c(=O)oc2ccccc21)Nc1ccc(-c2cn3cccnc3n2)cc1. The Morgan fingerprint density at radius 1 is 1.07 bits per heavy atom. The summed E-state index contributed by atoms with van der Waals surface area (Å²) in [5.74, 6) is -0.252. The lowest BCUT2D eigenvalue weighted by molar-refractivity contribution is -0.116. The predicted molar refractivity (Wildman–Crippen MR) is 108 cm³/mol. The molecule has 0 spiro atoms. The summed E-state index contributed by atoms with van der Waals surface area (Å²) in [6.07, 6.45) is 5.47. The Morgan fingerprint density at radius 2 is 1.90 bits per heavy atom. The highest BCUT2D eigenvalue weighted by atomic mass is 16.4. The van der Waals surface area contributed by atoms with Gasteiger partial charge in [-0.05, 0) is 30.3 Å². The first-order chi connectivity index (χ1) is 14.2. The number of hydrogen-bond donors (Lipinski definition) is 1. The number of rotatable bonds is 4. The first-order valence-electron chi connectivity index (χ1n) is 8.96. The molecule has 8 heteroatoms. The summed E-state index contributed by atoms with van der Waals surface area (Å²) in [7, 11) is 0. The number of carbonyl (C=O) groups is 1. The molecule has 29 heavy (non-hydrogen) atoms. The number of amides is 1. The van der Waals surface area contributed by atoms with Gasteiger partial charge < -0.3 is 9.73 Å². The molecule has 8 nitrogen and oxygen atoms in total. The van der Waals surface area contributed by atoms with Crippen LogP contribution in [-0.4, -0.2) is 24.8 Å². The lowest BCUT2D eigenvalue weighted by Gasteiger charge is -2.06. The molecule has 0 aliphatic carbocycles. The Kier molecular flexibility index (Phi) is 3.94. The molecule has 0 saturated carbocycles. The van der Waals surface area contributed by atoms with Crippen LogP contribution in [0.5, 0.6) is 0 Å². The van der Waals surface area contributed by atoms with Gasteiger partial charge in [0.2, 0.25) is 11.7 Å². The number of hydrogen-bond acceptors (Lipinski definition) is 5. The van der Waals surface area contributed by atoms with Crippen LogP contribution >= 0.6 is 0 Å². The van der Waals surface area contributed by atoms with E-state index in [2.05, 4.69) is 15.3 Å². The predicted octanol–water partition coefficient (Wildman–Crippen LogP) is 2.94. The number of anilines is 1. The second kappa shape index (κ2) is 6.75. The van der Waals surface area contributed by atoms with E-state index in [4.69, 9.17) is 4.42 Å². The maximum absolute atomic E-state index is 12.4. The van der Waals surface area contributed by atoms with Crippen molar-refractivity contribution in [3.05, 3.63) is 83.7 Å². The topological polar surface area (TPSA) is 94.4 Å². The van der Waals surface area contributed by atoms with Crippen LogP contribution in [0.25, 0.3) is 28.1 Å². The monoisotopic (exact) mass is 385 g/mol. The molecule has 0 aliphatic heterocycles. The zero-order chi connectivity index (χ0) is 19.8. The van der Waals surface area contributed by atoms with Crippen LogP contribution in [0.2, 0.25) is 0 Å². The van der Waals surface area contributed by atoms with Crippen LogP contribution < -0.4 is 11.1 Å². The van der Waals surface area contributed by atoms with E-state index in [0.29, 0.717) is 22.6 Å². The minimum absolute atomic E-state index is 0.129. The summed E-state index contributed by atoms with van der Waals surface area (Å²) in [6.45, 7) is -0.129. The number of carbonyl (C=O) groups excluding carboxylic acids is 1. The molecule has 0 saturated heterocycles. The van der Waals surface area contributed by atoms with Gasteiger partial charge in [0.15, 0.2) is 5.58 Å². The van der Waals surface area contributed by atoms with Crippen LogP contribution in [0.15, 0.2) is 82.4 Å². The molecule has 0 atom stereocenters. The summed E-state index contributed by atoms with van der Waals surface area (Å²) in [6, 6.07) is 16.2. The largest absolute Gasteiger partial charge is 0.420 e. The molecule has 1 N–H and O–H groups in total. The van der Waals surface area contributed by atoms with Gasteiger partial charge in [-0.2, -0.15) is 0 Å². The fourth-order valence-electron chi connectivity index (χ4n) is 3.20. The van der Waals surface area contributed by atoms with E-state index in [1.54, 1.807) is 42.6 Å². The first kappa shape index (κ1) is 16.9. The fourth-order valence-corrected chi connectivity index (χ4v) is 3.20. The van der Waals surface area contributed by atoms with Crippen molar-refractivity contribution in [2.75, 3.05) is 5.32 Å². The van der Waals surface area contributed by atoms with Crippen molar-refractivity contribution in [3.63, 3.8) is 0 Å². The molecule has 5 rings (SSSR count). The molecular formula is C21H15N5O3. The van der Waals surface area contributed by atoms with Gasteiger partial charge in [0.25, 0.3) is 0 Å². The molecule has 0 fully saturated rings. The second-order valence-corrected chi connectivity index (χ2v) is 6.50. The van der Waals surface area contributed by atoms with Crippen molar-refractivity contribution in [1.29, 1.82) is 0 Å². The average molecular weight is 385 g/mol. The average Bonchev–Trinajstić information content (AvgIpc) is 3.30. The van der Waals surface area contributed by atoms with E-state index in [9.17, 15) is 9.59 Å². The lowest BCUT2D eigenvalue weighted by Crippen LogP contribution is -2.24. The number of fused-ring (bicyclic) bond motifs is 2. The van der Waals surface area contributed by atoms with Crippen molar-refractivity contribution in [2.45, 2.75) is 6.54 Å². The fraction of sp³-hybridized carbons (Fsp3) is 0.0476. The molecule has 0 radical (unpaired) electrons. The number of oxazole rings is 1. The van der Waals surface area contributed by atoms with Crippen LogP contribution in [0.3, 0.4) is 0 Å². The van der Waals surface area contributed by atoms with Crippen LogP contribution in [-0.2, 0) is 11.3 Å². The highest BCUT2D eigenvalue weighted by Gasteiger charge is 2.12. The molecule has 1 amide bonds. The van der Waals surface area contributed by atoms with Gasteiger partial charge in [-0.15, -0.1) is 0 Å². The van der Waals surface area contributed by atoms with Crippen molar-refractivity contribution < 1.29 is 9.21 Å². The Balaban J connectivity index is 1.33. The summed E-state index contributed by atoms with van der Waals surface area (Å²) < 4.78 is 8.31. The van der Waals surface area contributed by atoms with E-state index < -0.39 is 5.76 Å². The molecule has 3 aromatic heterocycles. The van der Waals surface area contributed by atoms with Crippen molar-refractivity contribution >= 4 is 28.5 Å². The molecule has 0 bridgehead atoms. The minimum atomic E-state index is -0.558. The van der Waals surface area contributed by atoms with Gasteiger partial charge in [0.05, 0.1) is 11.2 Å². The second-order valence-electron chi connectivity index (χ2n) is 6.50. The van der Waals surface area contributed by atoms with Gasteiger partial charge in [-0.3, -0.25) is 13.8 Å². The number of para-hydroxylation sites is 2. The molecule has 3 heterocycles. The Morgan fingerprint density at radius 3 is 2.72 bits per heavy atom. The Hall–Kier alpha value is -4.20. The molecule has 0 unspecified atom stereocenters. The minimum Gasteiger partial charge on any atom is -0.408 e. The summed E-state index contributed by atoms with van der Waals surface area (Å²) in [5.41, 5.74) is 3.37. The number of nitrogens with zero attached hydrogens (tertiary/aromatic N) is 4. The van der Waals surface area contributed by atoms with E-state index in [1.165, 1.54) is 4.57 Å². The zero-order valence-electron chi connectivity index (χ0n) is 15.1. The lowest BCUT2D eigenvalue weighted by atomic mass is 10.1. The third kappa shape index (κ3) is 3.16. The number of nitrogens with one attached hydrogen (secondary N) is 1. The Bertz CT molecular complexity index is 1360. The maximum atomic E-state index is 12.4. The van der Waals surface area contributed by atoms with Gasteiger partial charge >= 0.3 is 5.76 Å². The Labute approximate surface area is 164 Å². The highest BCUT2D eigenvalue weighted by Crippen LogP contribution is 2.21. The summed E-state index contributed by atoms with van der Waals surface area (Å²) in [5, 5.41) is 2.80. The third-order valence-electron chi connectivity index (χ3n) is 4.58. The van der Waals surface area contributed by atoms with E-state index in [-0.39, 0.29) is 12.5 Å². The van der Waals surface area contributed by atoms with Gasteiger partial charge in [0.1, 0.15) is 6.54 Å². The quantitative estimate of drug-likeness (QED) is 0.513. The van der Waals surface area contributed by atoms with Crippen molar-refractivity contribution in [3.8, 4) is 11.3 Å². The highest BCUT2D eigenvalue weighted by molar-refractivity contribution is 5.91. The van der Waals surface area contributed by atoms with Crippen LogP contribution in [0.4, 0.5) is 5.69 Å². The first-order valence-corrected chi connectivity index (χ1v) is 8.96. The summed E-state index contributed by atoms with van der Waals surface area (Å²) in [4.78, 5) is 33.1. The van der Waals surface area contributed by atoms with E-state index in [0.717, 1.165) is 11.3 Å². The van der Waals surface area contributed by atoms with Crippen LogP contribution in [0, 0.1) is 0 Å². The molecule has 2 aromatic carbocycles. The third-order valence-corrected chi connectivity index (χ3v) is 4.58. The van der Waals surface area contributed by atoms with E-state index in [1.807, 2.05) is 35.0 Å². The summed E-state index contributed by atoms with van der Waals surface area (Å²) >= 11 is 0. The molecule has 0 aliphatic rings. The maximum Gasteiger partial charge on any atom is 0.420 e. The zero-order valence-corrected chi connectivity index (χ0v) is 15.1. The van der Waals surface area contributed by atoms with Gasteiger partial charge in [0, 0.05) is 29.8 Å². The van der Waals surface area contributed by atoms with Crippen molar-refractivity contribution in [2.24, 2.45) is 0 Å². The van der Waals surface area contributed by atoms with E-state index >= 15 is 0 Å². The molecule has 142 valence electrons. The standard InChI is InChI=1S/C21H15N5O3/c27-19(13-26-17-4-1-2-5-18(17)29-21(26)28)23-15-8-6-14(7-9-15)16-12-25-11-3-10-22-20(25)24-16/h1-12H,13H2,(H,23,27). The number of imidazole rings is 1. The smallest absolute Gasteiger partial charge is 0.408 e.